The monoisotopic (exact) mass is 264 g/mol. The molecule has 1 aromatic rings. The molecule has 1 fully saturated rings. The molecule has 1 heterocycles. The SMILES string of the molecule is CC(SCc1ccccc1)C(=O)N1CCNC1=O. The van der Waals surface area contributed by atoms with Crippen molar-refractivity contribution in [2.24, 2.45) is 0 Å². The summed E-state index contributed by atoms with van der Waals surface area (Å²) in [5.41, 5.74) is 1.19. The minimum absolute atomic E-state index is 0.106. The Hall–Kier alpha value is -1.49. The number of nitrogens with one attached hydrogen (secondary N) is 1. The predicted octanol–water partition coefficient (Wildman–Crippen LogP) is 1.86. The molecule has 3 amide bonds. The van der Waals surface area contributed by atoms with E-state index >= 15 is 0 Å². The molecule has 0 aromatic heterocycles. The van der Waals surface area contributed by atoms with Gasteiger partial charge >= 0.3 is 6.03 Å². The van der Waals surface area contributed by atoms with Crippen molar-refractivity contribution in [3.05, 3.63) is 35.9 Å². The maximum atomic E-state index is 12.0. The second-order valence-corrected chi connectivity index (χ2v) is 5.49. The summed E-state index contributed by atoms with van der Waals surface area (Å²) >= 11 is 1.56. The summed E-state index contributed by atoms with van der Waals surface area (Å²) in [6.07, 6.45) is 0. The molecule has 5 heteroatoms. The Bertz CT molecular complexity index is 436. The summed E-state index contributed by atoms with van der Waals surface area (Å²) in [5, 5.41) is 2.44. The highest BCUT2D eigenvalue weighted by Crippen LogP contribution is 2.19. The Kier molecular flexibility index (Phi) is 4.25. The van der Waals surface area contributed by atoms with Gasteiger partial charge in [0.1, 0.15) is 0 Å². The highest BCUT2D eigenvalue weighted by molar-refractivity contribution is 7.99. The van der Waals surface area contributed by atoms with Crippen LogP contribution in [0.1, 0.15) is 12.5 Å². The van der Waals surface area contributed by atoms with Gasteiger partial charge in [0.05, 0.1) is 5.25 Å². The van der Waals surface area contributed by atoms with Crippen LogP contribution in [0.4, 0.5) is 4.79 Å². The van der Waals surface area contributed by atoms with E-state index in [1.165, 1.54) is 10.5 Å². The zero-order chi connectivity index (χ0) is 13.0. The van der Waals surface area contributed by atoms with Crippen LogP contribution in [-0.4, -0.2) is 35.2 Å². The lowest BCUT2D eigenvalue weighted by Gasteiger charge is -2.17. The van der Waals surface area contributed by atoms with E-state index in [1.807, 2.05) is 37.3 Å². The molecule has 1 aromatic carbocycles. The highest BCUT2D eigenvalue weighted by Gasteiger charge is 2.29. The van der Waals surface area contributed by atoms with E-state index in [1.54, 1.807) is 11.8 Å². The van der Waals surface area contributed by atoms with Crippen molar-refractivity contribution in [1.29, 1.82) is 0 Å². The Morgan fingerprint density at radius 1 is 1.44 bits per heavy atom. The topological polar surface area (TPSA) is 49.4 Å². The number of amides is 3. The molecule has 1 N–H and O–H groups in total. The molecule has 0 radical (unpaired) electrons. The van der Waals surface area contributed by atoms with Gasteiger partial charge in [0.15, 0.2) is 0 Å². The first-order chi connectivity index (χ1) is 8.68. The van der Waals surface area contributed by atoms with E-state index in [0.29, 0.717) is 13.1 Å². The van der Waals surface area contributed by atoms with E-state index in [2.05, 4.69) is 5.32 Å². The minimum Gasteiger partial charge on any atom is -0.336 e. The molecule has 0 bridgehead atoms. The van der Waals surface area contributed by atoms with E-state index in [4.69, 9.17) is 0 Å². The van der Waals surface area contributed by atoms with Gasteiger partial charge in [-0.2, -0.15) is 0 Å². The summed E-state index contributed by atoms with van der Waals surface area (Å²) in [6.45, 7) is 2.89. The largest absolute Gasteiger partial charge is 0.336 e. The molecule has 1 aliphatic heterocycles. The van der Waals surface area contributed by atoms with Crippen LogP contribution in [0.15, 0.2) is 30.3 Å². The second kappa shape index (κ2) is 5.91. The van der Waals surface area contributed by atoms with E-state index in [9.17, 15) is 9.59 Å². The number of imide groups is 1. The van der Waals surface area contributed by atoms with E-state index in [0.717, 1.165) is 5.75 Å². The first-order valence-electron chi connectivity index (χ1n) is 5.93. The molecule has 0 saturated carbocycles. The molecule has 0 spiro atoms. The third kappa shape index (κ3) is 3.04. The zero-order valence-corrected chi connectivity index (χ0v) is 11.1. The van der Waals surface area contributed by atoms with Crippen LogP contribution in [0.3, 0.4) is 0 Å². The van der Waals surface area contributed by atoms with Crippen molar-refractivity contribution in [3.8, 4) is 0 Å². The standard InChI is InChI=1S/C13H16N2O2S/c1-10(12(16)15-8-7-14-13(15)17)18-9-11-5-3-2-4-6-11/h2-6,10H,7-9H2,1H3,(H,14,17). The van der Waals surface area contributed by atoms with Crippen molar-refractivity contribution in [3.63, 3.8) is 0 Å². The lowest BCUT2D eigenvalue weighted by Crippen LogP contribution is -2.38. The maximum absolute atomic E-state index is 12.0. The molecule has 1 atom stereocenters. The first kappa shape index (κ1) is 13.0. The molecule has 4 nitrogen and oxygen atoms in total. The summed E-state index contributed by atoms with van der Waals surface area (Å²) in [7, 11) is 0. The molecular formula is C13H16N2O2S. The molecular weight excluding hydrogens is 248 g/mol. The van der Waals surface area contributed by atoms with Crippen LogP contribution in [0.25, 0.3) is 0 Å². The summed E-state index contributed by atoms with van der Waals surface area (Å²) in [4.78, 5) is 24.7. The van der Waals surface area contributed by atoms with Crippen LogP contribution < -0.4 is 5.32 Å². The fourth-order valence-electron chi connectivity index (χ4n) is 1.77. The molecule has 96 valence electrons. The number of nitrogens with zero attached hydrogens (tertiary/aromatic N) is 1. The van der Waals surface area contributed by atoms with Gasteiger partial charge in [-0.15, -0.1) is 11.8 Å². The third-order valence-corrected chi connectivity index (χ3v) is 4.02. The number of rotatable bonds is 4. The normalized spacial score (nSPS) is 16.5. The molecule has 1 saturated heterocycles. The molecule has 1 aliphatic rings. The number of carbonyl (C=O) groups excluding carboxylic acids is 2. The van der Waals surface area contributed by atoms with Gasteiger partial charge in [0.25, 0.3) is 0 Å². The first-order valence-corrected chi connectivity index (χ1v) is 6.98. The number of hydrogen-bond donors (Lipinski definition) is 1. The Morgan fingerprint density at radius 2 is 2.17 bits per heavy atom. The number of urea groups is 1. The van der Waals surface area contributed by atoms with Gasteiger partial charge in [-0.25, -0.2) is 4.79 Å². The highest BCUT2D eigenvalue weighted by atomic mass is 32.2. The average Bonchev–Trinajstić information content (AvgIpc) is 2.82. The van der Waals surface area contributed by atoms with Gasteiger partial charge in [-0.05, 0) is 12.5 Å². The van der Waals surface area contributed by atoms with Crippen molar-refractivity contribution in [2.45, 2.75) is 17.9 Å². The zero-order valence-electron chi connectivity index (χ0n) is 10.3. The van der Waals surface area contributed by atoms with Crippen molar-refractivity contribution >= 4 is 23.7 Å². The predicted molar refractivity (Wildman–Crippen MR) is 72.3 cm³/mol. The number of thioether (sulfide) groups is 1. The lowest BCUT2D eigenvalue weighted by atomic mass is 10.2. The quantitative estimate of drug-likeness (QED) is 0.903. The van der Waals surface area contributed by atoms with Crippen LogP contribution in [0, 0.1) is 0 Å². The van der Waals surface area contributed by atoms with Crippen LogP contribution >= 0.6 is 11.8 Å². The van der Waals surface area contributed by atoms with Crippen LogP contribution in [0.2, 0.25) is 0 Å². The van der Waals surface area contributed by atoms with E-state index < -0.39 is 0 Å². The average molecular weight is 264 g/mol. The van der Waals surface area contributed by atoms with Crippen molar-refractivity contribution in [1.82, 2.24) is 10.2 Å². The number of hydrogen-bond acceptors (Lipinski definition) is 3. The van der Waals surface area contributed by atoms with Crippen LogP contribution in [0.5, 0.6) is 0 Å². The minimum atomic E-state index is -0.271. The third-order valence-electron chi connectivity index (χ3n) is 2.81. The molecule has 2 rings (SSSR count). The number of benzene rings is 1. The summed E-state index contributed by atoms with van der Waals surface area (Å²) in [6, 6.07) is 9.73. The van der Waals surface area contributed by atoms with Crippen molar-refractivity contribution in [2.75, 3.05) is 13.1 Å². The van der Waals surface area contributed by atoms with Gasteiger partial charge in [-0.1, -0.05) is 30.3 Å². The fraction of sp³-hybridized carbons (Fsp3) is 0.385. The lowest BCUT2D eigenvalue weighted by molar-refractivity contribution is -0.126. The maximum Gasteiger partial charge on any atom is 0.324 e. The van der Waals surface area contributed by atoms with Gasteiger partial charge < -0.3 is 5.32 Å². The van der Waals surface area contributed by atoms with Gasteiger partial charge in [-0.3, -0.25) is 9.69 Å². The van der Waals surface area contributed by atoms with Crippen LogP contribution in [-0.2, 0) is 10.5 Å². The summed E-state index contributed by atoms with van der Waals surface area (Å²) in [5.74, 6) is 0.675. The number of carbonyl (C=O) groups is 2. The van der Waals surface area contributed by atoms with Gasteiger partial charge in [0, 0.05) is 18.8 Å². The smallest absolute Gasteiger partial charge is 0.324 e. The molecule has 18 heavy (non-hydrogen) atoms. The molecule has 1 unspecified atom stereocenters. The Labute approximate surface area is 111 Å². The second-order valence-electron chi connectivity index (χ2n) is 4.16. The summed E-state index contributed by atoms with van der Waals surface area (Å²) < 4.78 is 0. The fourth-order valence-corrected chi connectivity index (χ4v) is 2.67. The van der Waals surface area contributed by atoms with Gasteiger partial charge in [0.2, 0.25) is 5.91 Å². The van der Waals surface area contributed by atoms with Crippen molar-refractivity contribution < 1.29 is 9.59 Å². The Morgan fingerprint density at radius 3 is 2.78 bits per heavy atom. The molecule has 0 aliphatic carbocycles. The van der Waals surface area contributed by atoms with E-state index in [-0.39, 0.29) is 17.2 Å². The Balaban J connectivity index is 1.86.